The van der Waals surface area contributed by atoms with Gasteiger partial charge in [-0.3, -0.25) is 4.98 Å². The zero-order valence-electron chi connectivity index (χ0n) is 12.6. The van der Waals surface area contributed by atoms with Gasteiger partial charge in [-0.25, -0.2) is 0 Å². The van der Waals surface area contributed by atoms with Gasteiger partial charge in [0.1, 0.15) is 0 Å². The number of hydrogen-bond donors (Lipinski definition) is 1. The van der Waals surface area contributed by atoms with Crippen LogP contribution < -0.4 is 5.32 Å². The minimum atomic E-state index is 0.598. The van der Waals surface area contributed by atoms with E-state index in [0.29, 0.717) is 6.04 Å². The highest BCUT2D eigenvalue weighted by atomic mass is 14.9. The highest BCUT2D eigenvalue weighted by Crippen LogP contribution is 2.35. The van der Waals surface area contributed by atoms with Gasteiger partial charge >= 0.3 is 0 Å². The van der Waals surface area contributed by atoms with Crippen LogP contribution in [0, 0.1) is 17.8 Å². The van der Waals surface area contributed by atoms with E-state index in [-0.39, 0.29) is 0 Å². The Morgan fingerprint density at radius 3 is 2.63 bits per heavy atom. The summed E-state index contributed by atoms with van der Waals surface area (Å²) in [6.07, 6.45) is 9.23. The highest BCUT2D eigenvalue weighted by molar-refractivity contribution is 5.11. The average Bonchev–Trinajstić information content (AvgIpc) is 2.39. The van der Waals surface area contributed by atoms with Crippen molar-refractivity contribution in [1.82, 2.24) is 10.3 Å². The molecule has 0 radical (unpaired) electrons. The molecule has 0 aromatic carbocycles. The molecule has 1 aromatic heterocycles. The molecule has 1 aromatic rings. The van der Waals surface area contributed by atoms with E-state index >= 15 is 0 Å². The standard InChI is InChI=1S/C17H28N2/c1-13(2)19-12-16-5-4-14(3)10-17(16)11-15-6-8-18-9-7-15/h6-9,13-14,16-17,19H,4-5,10-12H2,1-3H3. The second-order valence-electron chi connectivity index (χ2n) is 6.56. The maximum Gasteiger partial charge on any atom is 0.0270 e. The third-order valence-electron chi connectivity index (χ3n) is 4.44. The number of nitrogens with zero attached hydrogens (tertiary/aromatic N) is 1. The van der Waals surface area contributed by atoms with Crippen LogP contribution in [0.2, 0.25) is 0 Å². The van der Waals surface area contributed by atoms with Crippen LogP contribution in [0.4, 0.5) is 0 Å². The molecule has 1 aliphatic rings. The molecular weight excluding hydrogens is 232 g/mol. The van der Waals surface area contributed by atoms with Gasteiger partial charge in [-0.2, -0.15) is 0 Å². The van der Waals surface area contributed by atoms with Gasteiger partial charge in [0.15, 0.2) is 0 Å². The predicted octanol–water partition coefficient (Wildman–Crippen LogP) is 3.67. The van der Waals surface area contributed by atoms with Gasteiger partial charge in [-0.1, -0.05) is 27.2 Å². The van der Waals surface area contributed by atoms with Crippen LogP contribution in [0.5, 0.6) is 0 Å². The van der Waals surface area contributed by atoms with Crippen molar-refractivity contribution in [2.75, 3.05) is 6.54 Å². The fourth-order valence-electron chi connectivity index (χ4n) is 3.29. The quantitative estimate of drug-likeness (QED) is 0.873. The molecule has 3 atom stereocenters. The Bertz CT molecular complexity index is 361. The molecule has 19 heavy (non-hydrogen) atoms. The van der Waals surface area contributed by atoms with Crippen LogP contribution in [0.15, 0.2) is 24.5 Å². The summed E-state index contributed by atoms with van der Waals surface area (Å²) in [7, 11) is 0. The van der Waals surface area contributed by atoms with E-state index in [1.165, 1.54) is 37.8 Å². The lowest BCUT2D eigenvalue weighted by Gasteiger charge is -2.35. The van der Waals surface area contributed by atoms with Crippen molar-refractivity contribution in [2.45, 2.75) is 52.5 Å². The monoisotopic (exact) mass is 260 g/mol. The van der Waals surface area contributed by atoms with Crippen LogP contribution in [0.1, 0.15) is 45.6 Å². The summed E-state index contributed by atoms with van der Waals surface area (Å²) in [6.45, 7) is 8.07. The van der Waals surface area contributed by atoms with E-state index < -0.39 is 0 Å². The van der Waals surface area contributed by atoms with Crippen LogP contribution in [0.3, 0.4) is 0 Å². The molecule has 1 heterocycles. The molecule has 106 valence electrons. The summed E-state index contributed by atoms with van der Waals surface area (Å²) < 4.78 is 0. The third kappa shape index (κ3) is 4.61. The summed E-state index contributed by atoms with van der Waals surface area (Å²) in [5.41, 5.74) is 1.45. The van der Waals surface area contributed by atoms with Gasteiger partial charge < -0.3 is 5.32 Å². The van der Waals surface area contributed by atoms with Crippen molar-refractivity contribution >= 4 is 0 Å². The highest BCUT2D eigenvalue weighted by Gasteiger charge is 2.28. The first-order valence-corrected chi connectivity index (χ1v) is 7.77. The number of hydrogen-bond acceptors (Lipinski definition) is 2. The van der Waals surface area contributed by atoms with Gasteiger partial charge in [0, 0.05) is 18.4 Å². The summed E-state index contributed by atoms with van der Waals surface area (Å²) in [5.74, 6) is 2.56. The first kappa shape index (κ1) is 14.5. The van der Waals surface area contributed by atoms with Gasteiger partial charge in [-0.15, -0.1) is 0 Å². The molecule has 1 fully saturated rings. The molecule has 0 bridgehead atoms. The molecule has 1 N–H and O–H groups in total. The van der Waals surface area contributed by atoms with Gasteiger partial charge in [0.2, 0.25) is 0 Å². The molecule has 0 amide bonds. The van der Waals surface area contributed by atoms with Crippen molar-refractivity contribution in [3.63, 3.8) is 0 Å². The molecule has 2 nitrogen and oxygen atoms in total. The maximum absolute atomic E-state index is 4.12. The Labute approximate surface area is 118 Å². The van der Waals surface area contributed by atoms with E-state index in [4.69, 9.17) is 0 Å². The lowest BCUT2D eigenvalue weighted by molar-refractivity contribution is 0.181. The van der Waals surface area contributed by atoms with Crippen molar-refractivity contribution in [1.29, 1.82) is 0 Å². The first-order chi connectivity index (χ1) is 9.15. The molecule has 1 saturated carbocycles. The van der Waals surface area contributed by atoms with Crippen molar-refractivity contribution in [3.05, 3.63) is 30.1 Å². The molecule has 2 rings (SSSR count). The average molecular weight is 260 g/mol. The summed E-state index contributed by atoms with van der Waals surface area (Å²) in [4.78, 5) is 4.12. The third-order valence-corrected chi connectivity index (χ3v) is 4.44. The lowest BCUT2D eigenvalue weighted by atomic mass is 9.72. The van der Waals surface area contributed by atoms with E-state index in [9.17, 15) is 0 Å². The van der Waals surface area contributed by atoms with Crippen molar-refractivity contribution in [2.24, 2.45) is 17.8 Å². The number of pyridine rings is 1. The molecule has 0 spiro atoms. The van der Waals surface area contributed by atoms with Crippen LogP contribution in [-0.4, -0.2) is 17.6 Å². The number of rotatable bonds is 5. The second-order valence-corrected chi connectivity index (χ2v) is 6.56. The van der Waals surface area contributed by atoms with E-state index in [0.717, 1.165) is 17.8 Å². The minimum absolute atomic E-state index is 0.598. The molecule has 2 heteroatoms. The topological polar surface area (TPSA) is 24.9 Å². The first-order valence-electron chi connectivity index (χ1n) is 7.77. The van der Waals surface area contributed by atoms with E-state index in [1.807, 2.05) is 12.4 Å². The largest absolute Gasteiger partial charge is 0.314 e. The van der Waals surface area contributed by atoms with Crippen LogP contribution in [-0.2, 0) is 6.42 Å². The number of aromatic nitrogens is 1. The Morgan fingerprint density at radius 2 is 1.95 bits per heavy atom. The summed E-state index contributed by atoms with van der Waals surface area (Å²) in [6, 6.07) is 4.94. The molecule has 0 saturated heterocycles. The maximum atomic E-state index is 4.12. The minimum Gasteiger partial charge on any atom is -0.314 e. The Kier molecular flexibility index (Phi) is 5.38. The molecule has 1 aliphatic carbocycles. The van der Waals surface area contributed by atoms with Crippen molar-refractivity contribution in [3.8, 4) is 0 Å². The second kappa shape index (κ2) is 7.04. The Hall–Kier alpha value is -0.890. The van der Waals surface area contributed by atoms with Gasteiger partial charge in [-0.05, 0) is 61.3 Å². The lowest BCUT2D eigenvalue weighted by Crippen LogP contribution is -2.36. The van der Waals surface area contributed by atoms with Gasteiger partial charge in [0.25, 0.3) is 0 Å². The molecule has 3 unspecified atom stereocenters. The van der Waals surface area contributed by atoms with Gasteiger partial charge in [0.05, 0.1) is 0 Å². The zero-order chi connectivity index (χ0) is 13.7. The van der Waals surface area contributed by atoms with E-state index in [1.54, 1.807) is 0 Å². The normalized spacial score (nSPS) is 27.7. The molecular formula is C17H28N2. The van der Waals surface area contributed by atoms with Crippen LogP contribution in [0.25, 0.3) is 0 Å². The fourth-order valence-corrected chi connectivity index (χ4v) is 3.29. The fraction of sp³-hybridized carbons (Fsp3) is 0.706. The summed E-state index contributed by atoms with van der Waals surface area (Å²) >= 11 is 0. The predicted molar refractivity (Wildman–Crippen MR) is 81.1 cm³/mol. The number of nitrogens with one attached hydrogen (secondary N) is 1. The van der Waals surface area contributed by atoms with Crippen LogP contribution >= 0.6 is 0 Å². The molecule has 0 aliphatic heterocycles. The zero-order valence-corrected chi connectivity index (χ0v) is 12.6. The smallest absolute Gasteiger partial charge is 0.0270 e. The van der Waals surface area contributed by atoms with Crippen molar-refractivity contribution < 1.29 is 0 Å². The van der Waals surface area contributed by atoms with E-state index in [2.05, 4.69) is 43.2 Å². The SMILES string of the molecule is CC1CCC(CNC(C)C)C(Cc2ccncc2)C1. The Morgan fingerprint density at radius 1 is 1.21 bits per heavy atom. The summed E-state index contributed by atoms with van der Waals surface area (Å²) in [5, 5.41) is 3.63. The Balaban J connectivity index is 1.96.